The second-order valence-corrected chi connectivity index (χ2v) is 8.21. The van der Waals surface area contributed by atoms with E-state index in [4.69, 9.17) is 9.47 Å². The van der Waals surface area contributed by atoms with E-state index >= 15 is 0 Å². The molecule has 30 heavy (non-hydrogen) atoms. The summed E-state index contributed by atoms with van der Waals surface area (Å²) in [5.41, 5.74) is 2.36. The van der Waals surface area contributed by atoms with Gasteiger partial charge in [0.15, 0.2) is 6.10 Å². The number of piperidine rings is 1. The van der Waals surface area contributed by atoms with Gasteiger partial charge in [0.25, 0.3) is 5.91 Å². The Morgan fingerprint density at radius 2 is 1.80 bits per heavy atom. The molecule has 0 aromatic heterocycles. The van der Waals surface area contributed by atoms with Crippen LogP contribution in [0.1, 0.15) is 51.6 Å². The first kappa shape index (κ1) is 22.0. The first-order valence-electron chi connectivity index (χ1n) is 11.0. The standard InChI is InChI=1S/C25H34N2O3/c1-5-24(30-23-14-12-22(29-4)13-15-23)25(28)26-19(3)20-8-10-21(11-9-20)27-16-6-7-18(2)17-27/h8-15,18-19,24H,5-7,16-17H2,1-4H3,(H,26,28). The van der Waals surface area contributed by atoms with E-state index in [-0.39, 0.29) is 11.9 Å². The first-order chi connectivity index (χ1) is 14.5. The number of hydrogen-bond acceptors (Lipinski definition) is 4. The molecular weight excluding hydrogens is 376 g/mol. The third kappa shape index (κ3) is 5.68. The lowest BCUT2D eigenvalue weighted by Gasteiger charge is -2.33. The van der Waals surface area contributed by atoms with Gasteiger partial charge in [-0.3, -0.25) is 4.79 Å². The molecule has 3 unspecified atom stereocenters. The summed E-state index contributed by atoms with van der Waals surface area (Å²) in [4.78, 5) is 15.2. The van der Waals surface area contributed by atoms with Crippen molar-refractivity contribution < 1.29 is 14.3 Å². The molecule has 1 amide bonds. The highest BCUT2D eigenvalue weighted by atomic mass is 16.5. The summed E-state index contributed by atoms with van der Waals surface area (Å²) < 4.78 is 11.1. The maximum absolute atomic E-state index is 12.8. The van der Waals surface area contributed by atoms with Crippen LogP contribution in [0.25, 0.3) is 0 Å². The minimum atomic E-state index is -0.532. The lowest BCUT2D eigenvalue weighted by Crippen LogP contribution is -2.39. The molecule has 162 valence electrons. The van der Waals surface area contributed by atoms with Crippen molar-refractivity contribution in [3.63, 3.8) is 0 Å². The van der Waals surface area contributed by atoms with Crippen LogP contribution in [-0.4, -0.2) is 32.2 Å². The van der Waals surface area contributed by atoms with E-state index < -0.39 is 6.10 Å². The third-order valence-electron chi connectivity index (χ3n) is 5.78. The van der Waals surface area contributed by atoms with Gasteiger partial charge in [-0.25, -0.2) is 0 Å². The van der Waals surface area contributed by atoms with Gasteiger partial charge in [0, 0.05) is 18.8 Å². The maximum atomic E-state index is 12.8. The van der Waals surface area contributed by atoms with E-state index in [1.807, 2.05) is 38.1 Å². The van der Waals surface area contributed by atoms with Crippen molar-refractivity contribution in [2.45, 2.75) is 52.2 Å². The number of hydrogen-bond donors (Lipinski definition) is 1. The number of nitrogens with one attached hydrogen (secondary N) is 1. The summed E-state index contributed by atoms with van der Waals surface area (Å²) in [5, 5.41) is 3.09. The van der Waals surface area contributed by atoms with E-state index in [9.17, 15) is 4.79 Å². The lowest BCUT2D eigenvalue weighted by atomic mass is 9.99. The molecule has 3 rings (SSSR count). The van der Waals surface area contributed by atoms with Gasteiger partial charge in [0.2, 0.25) is 0 Å². The highest BCUT2D eigenvalue weighted by Gasteiger charge is 2.21. The fourth-order valence-corrected chi connectivity index (χ4v) is 3.93. The molecule has 3 atom stereocenters. The van der Waals surface area contributed by atoms with E-state index in [0.29, 0.717) is 12.2 Å². The van der Waals surface area contributed by atoms with Crippen molar-refractivity contribution in [3.8, 4) is 11.5 Å². The molecule has 0 spiro atoms. The molecule has 5 nitrogen and oxygen atoms in total. The van der Waals surface area contributed by atoms with Gasteiger partial charge >= 0.3 is 0 Å². The largest absolute Gasteiger partial charge is 0.497 e. The Morgan fingerprint density at radius 1 is 1.13 bits per heavy atom. The number of rotatable bonds is 8. The van der Waals surface area contributed by atoms with Gasteiger partial charge in [-0.05, 0) is 74.1 Å². The Balaban J connectivity index is 1.57. The molecule has 1 saturated heterocycles. The van der Waals surface area contributed by atoms with Gasteiger partial charge in [0.1, 0.15) is 11.5 Å². The molecule has 1 aliphatic rings. The fraction of sp³-hybridized carbons (Fsp3) is 0.480. The molecule has 0 aliphatic carbocycles. The Hall–Kier alpha value is -2.69. The number of methoxy groups -OCH3 is 1. The molecule has 1 aliphatic heterocycles. The van der Waals surface area contributed by atoms with Gasteiger partial charge in [-0.2, -0.15) is 0 Å². The molecule has 2 aromatic rings. The monoisotopic (exact) mass is 410 g/mol. The van der Waals surface area contributed by atoms with Crippen LogP contribution in [0, 0.1) is 5.92 Å². The van der Waals surface area contributed by atoms with Crippen LogP contribution in [0.2, 0.25) is 0 Å². The van der Waals surface area contributed by atoms with Crippen molar-refractivity contribution in [1.29, 1.82) is 0 Å². The zero-order valence-electron chi connectivity index (χ0n) is 18.6. The van der Waals surface area contributed by atoms with Crippen LogP contribution in [0.3, 0.4) is 0 Å². The van der Waals surface area contributed by atoms with E-state index in [1.54, 1.807) is 7.11 Å². The number of ether oxygens (including phenoxy) is 2. The number of benzene rings is 2. The quantitative estimate of drug-likeness (QED) is 0.668. The number of anilines is 1. The molecule has 0 bridgehead atoms. The minimum Gasteiger partial charge on any atom is -0.497 e. The first-order valence-corrected chi connectivity index (χ1v) is 11.0. The van der Waals surface area contributed by atoms with Crippen molar-refractivity contribution in [3.05, 3.63) is 54.1 Å². The Labute approximate surface area is 180 Å². The summed E-state index contributed by atoms with van der Waals surface area (Å²) in [6, 6.07) is 15.8. The topological polar surface area (TPSA) is 50.8 Å². The zero-order chi connectivity index (χ0) is 21.5. The number of amides is 1. The molecule has 1 heterocycles. The molecular formula is C25H34N2O3. The fourth-order valence-electron chi connectivity index (χ4n) is 3.93. The van der Waals surface area contributed by atoms with Gasteiger partial charge in [-0.1, -0.05) is 26.0 Å². The van der Waals surface area contributed by atoms with Gasteiger partial charge in [0.05, 0.1) is 13.2 Å². The van der Waals surface area contributed by atoms with Crippen LogP contribution in [0.4, 0.5) is 5.69 Å². The van der Waals surface area contributed by atoms with E-state index in [2.05, 4.69) is 41.4 Å². The van der Waals surface area contributed by atoms with Crippen LogP contribution in [-0.2, 0) is 4.79 Å². The number of carbonyl (C=O) groups excluding carboxylic acids is 1. The van der Waals surface area contributed by atoms with E-state index in [1.165, 1.54) is 18.5 Å². The minimum absolute atomic E-state index is 0.0830. The van der Waals surface area contributed by atoms with E-state index in [0.717, 1.165) is 30.3 Å². The summed E-state index contributed by atoms with van der Waals surface area (Å²) in [6.07, 6.45) is 2.63. The highest BCUT2D eigenvalue weighted by Crippen LogP contribution is 2.25. The lowest BCUT2D eigenvalue weighted by molar-refractivity contribution is -0.128. The highest BCUT2D eigenvalue weighted by molar-refractivity contribution is 5.81. The van der Waals surface area contributed by atoms with Crippen LogP contribution >= 0.6 is 0 Å². The van der Waals surface area contributed by atoms with Gasteiger partial charge < -0.3 is 19.7 Å². The third-order valence-corrected chi connectivity index (χ3v) is 5.78. The maximum Gasteiger partial charge on any atom is 0.261 e. The summed E-state index contributed by atoms with van der Waals surface area (Å²) >= 11 is 0. The van der Waals surface area contributed by atoms with Crippen molar-refractivity contribution in [2.75, 3.05) is 25.1 Å². The van der Waals surface area contributed by atoms with Crippen molar-refractivity contribution in [1.82, 2.24) is 5.32 Å². The Morgan fingerprint density at radius 3 is 2.40 bits per heavy atom. The Bertz CT molecular complexity index is 804. The van der Waals surface area contributed by atoms with Crippen LogP contribution < -0.4 is 19.7 Å². The van der Waals surface area contributed by atoms with Gasteiger partial charge in [-0.15, -0.1) is 0 Å². The predicted octanol–water partition coefficient (Wildman–Crippen LogP) is 4.97. The second-order valence-electron chi connectivity index (χ2n) is 8.21. The number of carbonyl (C=O) groups is 1. The van der Waals surface area contributed by atoms with Crippen molar-refractivity contribution >= 4 is 11.6 Å². The smallest absolute Gasteiger partial charge is 0.261 e. The van der Waals surface area contributed by atoms with Crippen molar-refractivity contribution in [2.24, 2.45) is 5.92 Å². The summed E-state index contributed by atoms with van der Waals surface area (Å²) in [5.74, 6) is 2.06. The van der Waals surface area contributed by atoms with Crippen LogP contribution in [0.5, 0.6) is 11.5 Å². The summed E-state index contributed by atoms with van der Waals surface area (Å²) in [6.45, 7) is 8.52. The zero-order valence-corrected chi connectivity index (χ0v) is 18.6. The Kier molecular flexibility index (Phi) is 7.61. The molecule has 0 saturated carbocycles. The average molecular weight is 411 g/mol. The average Bonchev–Trinajstić information content (AvgIpc) is 2.77. The normalized spacial score (nSPS) is 18.4. The molecule has 5 heteroatoms. The predicted molar refractivity (Wildman–Crippen MR) is 121 cm³/mol. The summed E-state index contributed by atoms with van der Waals surface area (Å²) in [7, 11) is 1.62. The van der Waals surface area contributed by atoms with Crippen LogP contribution in [0.15, 0.2) is 48.5 Å². The SMILES string of the molecule is CCC(Oc1ccc(OC)cc1)C(=O)NC(C)c1ccc(N2CCCC(C)C2)cc1. The molecule has 2 aromatic carbocycles. The second kappa shape index (κ2) is 10.4. The number of nitrogens with zero attached hydrogens (tertiary/aromatic N) is 1. The molecule has 0 radical (unpaired) electrons. The molecule has 1 N–H and O–H groups in total. The molecule has 1 fully saturated rings.